The maximum Gasteiger partial charge on any atom is 0.328 e. The molecule has 51 heavy (non-hydrogen) atoms. The number of anilines is 2. The van der Waals surface area contributed by atoms with Crippen LogP contribution in [0.3, 0.4) is 0 Å². The van der Waals surface area contributed by atoms with Gasteiger partial charge in [-0.15, -0.1) is 0 Å². The van der Waals surface area contributed by atoms with Crippen LogP contribution in [0, 0.1) is 0 Å². The van der Waals surface area contributed by atoms with Crippen molar-refractivity contribution >= 4 is 62.6 Å². The highest BCUT2D eigenvalue weighted by Gasteiger charge is 2.53. The first kappa shape index (κ1) is 36.4. The van der Waals surface area contributed by atoms with Crippen molar-refractivity contribution in [2.45, 2.75) is 82.1 Å². The van der Waals surface area contributed by atoms with Crippen LogP contribution in [0.1, 0.15) is 53.0 Å². The fraction of sp³-hybridized carbons (Fsp3) is 0.371. The Morgan fingerprint density at radius 2 is 1.69 bits per heavy atom. The number of nitrogens with one attached hydrogen (secondary N) is 1. The topological polar surface area (TPSA) is 157 Å². The Labute approximate surface area is 306 Å². The number of fused-ring (bicyclic) bond motifs is 1. The van der Waals surface area contributed by atoms with Gasteiger partial charge in [0, 0.05) is 41.0 Å². The van der Waals surface area contributed by atoms with Crippen molar-refractivity contribution in [1.82, 2.24) is 29.1 Å². The molecule has 0 radical (unpaired) electrons. The minimum absolute atomic E-state index is 0.0463. The van der Waals surface area contributed by atoms with E-state index in [4.69, 9.17) is 27.9 Å². The number of esters is 1. The number of amides is 2. The van der Waals surface area contributed by atoms with E-state index in [1.165, 1.54) is 35.0 Å². The summed E-state index contributed by atoms with van der Waals surface area (Å²) < 4.78 is 37.1. The van der Waals surface area contributed by atoms with Crippen LogP contribution in [0.15, 0.2) is 72.4 Å². The molecule has 2 aliphatic rings. The van der Waals surface area contributed by atoms with Crippen LogP contribution in [0.4, 0.5) is 11.6 Å². The van der Waals surface area contributed by atoms with Gasteiger partial charge in [-0.2, -0.15) is 4.31 Å². The normalized spacial score (nSPS) is 19.9. The molecular formula is C35H37Cl2N7O6S. The van der Waals surface area contributed by atoms with E-state index < -0.39 is 51.0 Å². The number of halogens is 2. The van der Waals surface area contributed by atoms with Gasteiger partial charge >= 0.3 is 5.97 Å². The van der Waals surface area contributed by atoms with E-state index in [1.54, 1.807) is 52.2 Å². The lowest BCUT2D eigenvalue weighted by atomic mass is 9.91. The van der Waals surface area contributed by atoms with Gasteiger partial charge in [-0.05, 0) is 76.8 Å². The lowest BCUT2D eigenvalue weighted by molar-refractivity contribution is -0.158. The van der Waals surface area contributed by atoms with Crippen molar-refractivity contribution in [2.75, 3.05) is 11.4 Å². The molecule has 268 valence electrons. The molecule has 3 atom stereocenters. The summed E-state index contributed by atoms with van der Waals surface area (Å²) in [7, 11) is -4.44. The van der Waals surface area contributed by atoms with Gasteiger partial charge in [0.15, 0.2) is 5.03 Å². The molecule has 16 heteroatoms. The van der Waals surface area contributed by atoms with Crippen LogP contribution in [-0.2, 0) is 41.1 Å². The van der Waals surface area contributed by atoms with Gasteiger partial charge < -0.3 is 10.1 Å². The number of benzene rings is 2. The Hall–Kier alpha value is -4.37. The number of imidazole rings is 1. The highest BCUT2D eigenvalue weighted by Crippen LogP contribution is 2.45. The molecule has 6 rings (SSSR count). The van der Waals surface area contributed by atoms with Crippen molar-refractivity contribution < 1.29 is 27.5 Å². The molecule has 0 saturated carbocycles. The lowest BCUT2D eigenvalue weighted by Crippen LogP contribution is -2.51. The molecule has 0 bridgehead atoms. The van der Waals surface area contributed by atoms with Gasteiger partial charge in [0.05, 0.1) is 11.9 Å². The summed E-state index contributed by atoms with van der Waals surface area (Å²) >= 11 is 12.7. The summed E-state index contributed by atoms with van der Waals surface area (Å²) in [6, 6.07) is 9.98. The molecule has 4 heterocycles. The highest BCUT2D eigenvalue weighted by molar-refractivity contribution is 7.89. The van der Waals surface area contributed by atoms with E-state index in [1.807, 2.05) is 24.3 Å². The van der Waals surface area contributed by atoms with Crippen molar-refractivity contribution in [2.24, 2.45) is 0 Å². The first-order chi connectivity index (χ1) is 24.0. The molecule has 0 unspecified atom stereocenters. The second-order valence-electron chi connectivity index (χ2n) is 13.8. The Morgan fingerprint density at radius 1 is 1.04 bits per heavy atom. The lowest BCUT2D eigenvalue weighted by Gasteiger charge is -2.29. The van der Waals surface area contributed by atoms with E-state index in [0.29, 0.717) is 12.1 Å². The number of carbonyl (C=O) groups is 3. The number of ether oxygens (including phenoxy) is 1. The molecule has 0 aliphatic carbocycles. The monoisotopic (exact) mass is 753 g/mol. The molecule has 2 aromatic heterocycles. The Balaban J connectivity index is 1.37. The number of hydrogen-bond acceptors (Lipinski definition) is 9. The summed E-state index contributed by atoms with van der Waals surface area (Å²) in [6.45, 7) is 8.32. The van der Waals surface area contributed by atoms with Crippen molar-refractivity contribution in [3.8, 4) is 11.1 Å². The maximum atomic E-state index is 14.6. The predicted molar refractivity (Wildman–Crippen MR) is 191 cm³/mol. The molecule has 1 fully saturated rings. The zero-order valence-electron chi connectivity index (χ0n) is 28.6. The fourth-order valence-electron chi connectivity index (χ4n) is 6.44. The van der Waals surface area contributed by atoms with E-state index in [0.717, 1.165) is 21.0 Å². The third-order valence-electron chi connectivity index (χ3n) is 8.77. The quantitative estimate of drug-likeness (QED) is 0.225. The first-order valence-electron chi connectivity index (χ1n) is 16.3. The second-order valence-corrected chi connectivity index (χ2v) is 16.5. The average molecular weight is 755 g/mol. The zero-order valence-corrected chi connectivity index (χ0v) is 31.0. The molecule has 2 amide bonds. The first-order valence-corrected chi connectivity index (χ1v) is 18.5. The third-order valence-corrected chi connectivity index (χ3v) is 11.1. The summed E-state index contributed by atoms with van der Waals surface area (Å²) in [6.07, 6.45) is 6.75. The van der Waals surface area contributed by atoms with Gasteiger partial charge in [0.1, 0.15) is 29.6 Å². The standard InChI is InChI=1S/C35H37Cl2N7O6S/c1-21(31(46)50-34(2,3)4)41-30(45)28-7-6-12-42(28)51(48,49)29-19-40-33-43(27-14-25(36)13-26(37)15-27)32(47)35(5,44(29)33)16-22-8-10-23(11-9-22)24-17-38-20-39-18-24/h8-11,13-15,17-21,28H,6-7,12,16H2,1-5H3,(H,41,45)/t21-,28+,35-/m1/s1. The molecule has 1 saturated heterocycles. The Bertz CT molecular complexity index is 2080. The minimum Gasteiger partial charge on any atom is -0.458 e. The number of hydrogen-bond donors (Lipinski definition) is 1. The number of rotatable bonds is 9. The molecule has 1 N–H and O–H groups in total. The molecular weight excluding hydrogens is 717 g/mol. The van der Waals surface area contributed by atoms with E-state index >= 15 is 0 Å². The summed E-state index contributed by atoms with van der Waals surface area (Å²) in [5.74, 6) is -1.68. The fourth-order valence-corrected chi connectivity index (χ4v) is 8.80. The highest BCUT2D eigenvalue weighted by atomic mass is 35.5. The van der Waals surface area contributed by atoms with Gasteiger partial charge in [-0.25, -0.2) is 33.1 Å². The Morgan fingerprint density at radius 3 is 2.31 bits per heavy atom. The molecule has 4 aromatic rings. The zero-order chi connectivity index (χ0) is 36.9. The van der Waals surface area contributed by atoms with E-state index in [2.05, 4.69) is 20.3 Å². The van der Waals surface area contributed by atoms with Gasteiger partial charge in [0.25, 0.3) is 15.9 Å². The van der Waals surface area contributed by atoms with E-state index in [-0.39, 0.29) is 40.4 Å². The number of sulfonamides is 1. The molecule has 2 aromatic carbocycles. The van der Waals surface area contributed by atoms with Crippen molar-refractivity contribution in [1.29, 1.82) is 0 Å². The SMILES string of the molecule is C[C@@H](NC(=O)[C@@H]1CCCN1S(=O)(=O)c1cnc2n1[C@](C)(Cc1ccc(-c3cncnc3)cc1)C(=O)N2c1cc(Cl)cc(Cl)c1)C(=O)OC(C)(C)C. The van der Waals surface area contributed by atoms with Gasteiger partial charge in [0.2, 0.25) is 11.9 Å². The van der Waals surface area contributed by atoms with Crippen LogP contribution < -0.4 is 10.2 Å². The van der Waals surface area contributed by atoms with Crippen LogP contribution in [0.2, 0.25) is 10.0 Å². The molecule has 0 spiro atoms. The number of aromatic nitrogens is 4. The Kier molecular flexibility index (Phi) is 9.74. The van der Waals surface area contributed by atoms with Crippen molar-refractivity contribution in [3.05, 3.63) is 83.0 Å². The molecule has 2 aliphatic heterocycles. The number of carbonyl (C=O) groups excluding carboxylic acids is 3. The van der Waals surface area contributed by atoms with Crippen LogP contribution >= 0.6 is 23.2 Å². The maximum absolute atomic E-state index is 14.6. The summed E-state index contributed by atoms with van der Waals surface area (Å²) in [5.41, 5.74) is 0.466. The second kappa shape index (κ2) is 13.6. The predicted octanol–water partition coefficient (Wildman–Crippen LogP) is 5.28. The average Bonchev–Trinajstić information content (AvgIpc) is 3.78. The third kappa shape index (κ3) is 7.10. The largest absolute Gasteiger partial charge is 0.458 e. The van der Waals surface area contributed by atoms with Crippen LogP contribution in [0.5, 0.6) is 0 Å². The molecule has 13 nitrogen and oxygen atoms in total. The summed E-state index contributed by atoms with van der Waals surface area (Å²) in [5, 5.41) is 2.91. The number of nitrogens with zero attached hydrogens (tertiary/aromatic N) is 6. The minimum atomic E-state index is -4.44. The van der Waals surface area contributed by atoms with Crippen molar-refractivity contribution in [3.63, 3.8) is 0 Å². The van der Waals surface area contributed by atoms with Crippen LogP contribution in [-0.4, -0.2) is 74.3 Å². The van der Waals surface area contributed by atoms with Crippen LogP contribution in [0.25, 0.3) is 11.1 Å². The summed E-state index contributed by atoms with van der Waals surface area (Å²) in [4.78, 5) is 54.6. The van der Waals surface area contributed by atoms with Gasteiger partial charge in [-0.1, -0.05) is 47.5 Å². The van der Waals surface area contributed by atoms with Gasteiger partial charge in [-0.3, -0.25) is 14.2 Å². The smallest absolute Gasteiger partial charge is 0.328 e. The van der Waals surface area contributed by atoms with E-state index in [9.17, 15) is 22.8 Å².